The van der Waals surface area contributed by atoms with Gasteiger partial charge in [-0.2, -0.15) is 0 Å². The third kappa shape index (κ3) is 1.87. The molecule has 1 saturated heterocycles. The molecule has 0 bridgehead atoms. The van der Waals surface area contributed by atoms with Gasteiger partial charge in [-0.3, -0.25) is 0 Å². The molecule has 3 nitrogen and oxygen atoms in total. The molecule has 0 aromatic heterocycles. The standard InChI is InChI=1S/C10H6F5NO2/c11-5-4(3-1-2-18-10(17)16-3)6(12)8(14)9(15)7(5)13/h3H,1-2H2,(H,16,17)/t3-/m1/s1. The van der Waals surface area contributed by atoms with Crippen molar-refractivity contribution in [3.8, 4) is 0 Å². The number of ether oxygens (including phenoxy) is 1. The van der Waals surface area contributed by atoms with Crippen LogP contribution >= 0.6 is 0 Å². The van der Waals surface area contributed by atoms with E-state index in [1.807, 2.05) is 5.32 Å². The fraction of sp³-hybridized carbons (Fsp3) is 0.300. The van der Waals surface area contributed by atoms with E-state index in [9.17, 15) is 26.7 Å². The molecule has 1 atom stereocenters. The van der Waals surface area contributed by atoms with Gasteiger partial charge < -0.3 is 10.1 Å². The van der Waals surface area contributed by atoms with Crippen LogP contribution < -0.4 is 5.32 Å². The summed E-state index contributed by atoms with van der Waals surface area (Å²) in [5, 5.41) is 1.99. The molecule has 1 amide bonds. The molecule has 0 unspecified atom stereocenters. The second kappa shape index (κ2) is 4.43. The Morgan fingerprint density at radius 1 is 0.944 bits per heavy atom. The summed E-state index contributed by atoms with van der Waals surface area (Å²) in [6, 6.07) is -1.31. The molecule has 1 aromatic rings. The molecule has 1 aliphatic heterocycles. The first-order valence-corrected chi connectivity index (χ1v) is 4.88. The molecule has 1 aliphatic rings. The average molecular weight is 267 g/mol. The van der Waals surface area contributed by atoms with Crippen LogP contribution in [0.3, 0.4) is 0 Å². The molecular weight excluding hydrogens is 261 g/mol. The van der Waals surface area contributed by atoms with Crippen molar-refractivity contribution in [2.75, 3.05) is 6.61 Å². The highest BCUT2D eigenvalue weighted by Gasteiger charge is 2.32. The first kappa shape index (κ1) is 12.6. The van der Waals surface area contributed by atoms with Crippen LogP contribution in [0.25, 0.3) is 0 Å². The molecule has 98 valence electrons. The Labute approximate surface area is 97.5 Å². The highest BCUT2D eigenvalue weighted by atomic mass is 19.2. The fourth-order valence-electron chi connectivity index (χ4n) is 1.67. The molecule has 1 N–H and O–H groups in total. The van der Waals surface area contributed by atoms with E-state index < -0.39 is 46.8 Å². The number of hydrogen-bond donors (Lipinski definition) is 1. The Morgan fingerprint density at radius 3 is 1.94 bits per heavy atom. The molecule has 8 heteroatoms. The number of carbonyl (C=O) groups is 1. The summed E-state index contributed by atoms with van der Waals surface area (Å²) in [6.45, 7) is -0.171. The third-order valence-electron chi connectivity index (χ3n) is 2.52. The topological polar surface area (TPSA) is 38.3 Å². The molecule has 1 fully saturated rings. The smallest absolute Gasteiger partial charge is 0.407 e. The highest BCUT2D eigenvalue weighted by Crippen LogP contribution is 2.30. The van der Waals surface area contributed by atoms with Gasteiger partial charge in [-0.05, 0) is 0 Å². The quantitative estimate of drug-likeness (QED) is 0.482. The van der Waals surface area contributed by atoms with Crippen LogP contribution in [0.4, 0.5) is 26.7 Å². The van der Waals surface area contributed by atoms with Gasteiger partial charge in [0, 0.05) is 6.42 Å². The number of rotatable bonds is 1. The number of hydrogen-bond acceptors (Lipinski definition) is 2. The van der Waals surface area contributed by atoms with Crippen molar-refractivity contribution in [1.82, 2.24) is 5.32 Å². The molecule has 18 heavy (non-hydrogen) atoms. The third-order valence-corrected chi connectivity index (χ3v) is 2.52. The van der Waals surface area contributed by atoms with Crippen molar-refractivity contribution < 1.29 is 31.5 Å². The maximum absolute atomic E-state index is 13.4. The number of amides is 1. The Kier molecular flexibility index (Phi) is 3.10. The summed E-state index contributed by atoms with van der Waals surface area (Å²) in [5.74, 6) is -10.2. The Morgan fingerprint density at radius 2 is 1.44 bits per heavy atom. The summed E-state index contributed by atoms with van der Waals surface area (Å²) in [7, 11) is 0. The van der Waals surface area contributed by atoms with Gasteiger partial charge in [-0.25, -0.2) is 26.7 Å². The van der Waals surface area contributed by atoms with Crippen molar-refractivity contribution in [2.45, 2.75) is 12.5 Å². The van der Waals surface area contributed by atoms with E-state index in [-0.39, 0.29) is 13.0 Å². The lowest BCUT2D eigenvalue weighted by Gasteiger charge is -2.24. The number of benzene rings is 1. The van der Waals surface area contributed by atoms with Crippen LogP contribution in [-0.4, -0.2) is 12.7 Å². The maximum atomic E-state index is 13.4. The van der Waals surface area contributed by atoms with Gasteiger partial charge in [0.2, 0.25) is 5.82 Å². The molecule has 1 heterocycles. The zero-order valence-corrected chi connectivity index (χ0v) is 8.70. The van der Waals surface area contributed by atoms with Crippen molar-refractivity contribution in [3.63, 3.8) is 0 Å². The second-order valence-corrected chi connectivity index (χ2v) is 3.61. The van der Waals surface area contributed by atoms with Crippen molar-refractivity contribution >= 4 is 6.09 Å². The van der Waals surface area contributed by atoms with Gasteiger partial charge in [0.05, 0.1) is 18.2 Å². The summed E-state index contributed by atoms with van der Waals surface area (Å²) >= 11 is 0. The molecule has 0 spiro atoms. The monoisotopic (exact) mass is 267 g/mol. The fourth-order valence-corrected chi connectivity index (χ4v) is 1.67. The predicted octanol–water partition coefficient (Wildman–Crippen LogP) is 2.55. The summed E-state index contributed by atoms with van der Waals surface area (Å²) in [6.07, 6.45) is -1.07. The largest absolute Gasteiger partial charge is 0.449 e. The lowest BCUT2D eigenvalue weighted by atomic mass is 10.0. The van der Waals surface area contributed by atoms with Gasteiger partial charge >= 0.3 is 6.09 Å². The number of nitrogens with one attached hydrogen (secondary N) is 1. The molecule has 0 saturated carbocycles. The maximum Gasteiger partial charge on any atom is 0.407 e. The molecule has 0 aliphatic carbocycles. The minimum absolute atomic E-state index is 0.0932. The Hall–Kier alpha value is -1.86. The second-order valence-electron chi connectivity index (χ2n) is 3.61. The number of carbonyl (C=O) groups excluding carboxylic acids is 1. The van der Waals surface area contributed by atoms with Crippen LogP contribution in [0.1, 0.15) is 18.0 Å². The lowest BCUT2D eigenvalue weighted by molar-refractivity contribution is 0.114. The highest BCUT2D eigenvalue weighted by molar-refractivity contribution is 5.68. The minimum Gasteiger partial charge on any atom is -0.449 e. The van der Waals surface area contributed by atoms with Crippen molar-refractivity contribution in [3.05, 3.63) is 34.6 Å². The molecule has 2 rings (SSSR count). The van der Waals surface area contributed by atoms with Gasteiger partial charge in [-0.1, -0.05) is 0 Å². The van der Waals surface area contributed by atoms with E-state index in [1.54, 1.807) is 0 Å². The SMILES string of the molecule is O=C1N[C@@H](c2c(F)c(F)c(F)c(F)c2F)CCO1. The minimum atomic E-state index is -2.23. The first-order valence-electron chi connectivity index (χ1n) is 4.88. The first-order chi connectivity index (χ1) is 8.43. The van der Waals surface area contributed by atoms with Crippen molar-refractivity contribution in [1.29, 1.82) is 0 Å². The van der Waals surface area contributed by atoms with Crippen molar-refractivity contribution in [2.24, 2.45) is 0 Å². The van der Waals surface area contributed by atoms with E-state index in [4.69, 9.17) is 0 Å². The molecular formula is C10H6F5NO2. The van der Waals surface area contributed by atoms with Crippen LogP contribution in [0.5, 0.6) is 0 Å². The lowest BCUT2D eigenvalue weighted by Crippen LogP contribution is -2.36. The normalized spacial score (nSPS) is 19.4. The van der Waals surface area contributed by atoms with E-state index in [0.29, 0.717) is 0 Å². The number of cyclic esters (lactones) is 1. The Balaban J connectivity index is 2.53. The summed E-state index contributed by atoms with van der Waals surface area (Å²) in [4.78, 5) is 10.9. The zero-order chi connectivity index (χ0) is 13.4. The van der Waals surface area contributed by atoms with Crippen LogP contribution in [-0.2, 0) is 4.74 Å². The van der Waals surface area contributed by atoms with Crippen LogP contribution in [0.2, 0.25) is 0 Å². The van der Waals surface area contributed by atoms with E-state index in [2.05, 4.69) is 4.74 Å². The molecule has 1 aromatic carbocycles. The van der Waals surface area contributed by atoms with Gasteiger partial charge in [0.25, 0.3) is 0 Å². The molecule has 0 radical (unpaired) electrons. The van der Waals surface area contributed by atoms with Gasteiger partial charge in [-0.15, -0.1) is 0 Å². The van der Waals surface area contributed by atoms with Crippen LogP contribution in [0.15, 0.2) is 0 Å². The predicted molar refractivity (Wildman–Crippen MR) is 48.1 cm³/mol. The van der Waals surface area contributed by atoms with E-state index in [1.165, 1.54) is 0 Å². The Bertz CT molecular complexity index is 490. The average Bonchev–Trinajstić information content (AvgIpc) is 2.34. The van der Waals surface area contributed by atoms with E-state index >= 15 is 0 Å². The van der Waals surface area contributed by atoms with Gasteiger partial charge in [0.15, 0.2) is 23.3 Å². The number of halogens is 5. The summed E-state index contributed by atoms with van der Waals surface area (Å²) in [5.41, 5.74) is -1.05. The zero-order valence-electron chi connectivity index (χ0n) is 8.70. The van der Waals surface area contributed by atoms with Gasteiger partial charge in [0.1, 0.15) is 0 Å². The van der Waals surface area contributed by atoms with Crippen LogP contribution in [0, 0.1) is 29.1 Å². The summed E-state index contributed by atoms with van der Waals surface area (Å²) < 4.78 is 69.9. The van der Waals surface area contributed by atoms with E-state index in [0.717, 1.165) is 0 Å². The number of alkyl carbamates (subject to hydrolysis) is 1.